The first-order valence-corrected chi connectivity index (χ1v) is 6.63. The number of nitrogens with zero attached hydrogens (tertiary/aromatic N) is 1. The number of nitrogens with one attached hydrogen (secondary N) is 1. The molecule has 23 heavy (non-hydrogen) atoms. The van der Waals surface area contributed by atoms with E-state index in [2.05, 4.69) is 5.32 Å². The van der Waals surface area contributed by atoms with Crippen LogP contribution in [-0.2, 0) is 11.8 Å². The van der Waals surface area contributed by atoms with E-state index < -0.39 is 40.1 Å². The Morgan fingerprint density at radius 2 is 1.91 bits per heavy atom. The van der Waals surface area contributed by atoms with Crippen LogP contribution >= 0.6 is 0 Å². The fourth-order valence-corrected chi connectivity index (χ4v) is 2.10. The number of carboxylic acids is 1. The van der Waals surface area contributed by atoms with Crippen molar-refractivity contribution < 1.29 is 24.2 Å². The lowest BCUT2D eigenvalue weighted by molar-refractivity contribution is -0.143. The number of carbonyl (C=O) groups excluding carboxylic acids is 1. The zero-order chi connectivity index (χ0) is 17.5. The lowest BCUT2D eigenvalue weighted by Gasteiger charge is -2.21. The number of aromatic nitrogens is 1. The number of aromatic hydroxyl groups is 1. The third kappa shape index (κ3) is 2.75. The summed E-state index contributed by atoms with van der Waals surface area (Å²) in [5.74, 6) is -3.55. The van der Waals surface area contributed by atoms with Crippen molar-refractivity contribution in [3.05, 3.63) is 39.9 Å². The molecule has 7 nitrogen and oxygen atoms in total. The van der Waals surface area contributed by atoms with Gasteiger partial charge in [0.1, 0.15) is 22.7 Å². The quantitative estimate of drug-likeness (QED) is 0.780. The number of halogens is 1. The van der Waals surface area contributed by atoms with Crippen molar-refractivity contribution in [1.82, 2.24) is 9.88 Å². The van der Waals surface area contributed by atoms with Gasteiger partial charge in [-0.3, -0.25) is 9.59 Å². The smallest absolute Gasteiger partial charge is 0.328 e. The molecule has 1 amide bonds. The molecule has 1 aromatic carbocycles. The van der Waals surface area contributed by atoms with Crippen molar-refractivity contribution in [2.45, 2.75) is 19.4 Å². The molecule has 1 aromatic heterocycles. The zero-order valence-electron chi connectivity index (χ0n) is 12.7. The van der Waals surface area contributed by atoms with Crippen LogP contribution in [0.15, 0.2) is 23.0 Å². The van der Waals surface area contributed by atoms with Gasteiger partial charge in [-0.15, -0.1) is 0 Å². The van der Waals surface area contributed by atoms with E-state index in [-0.39, 0.29) is 10.9 Å². The highest BCUT2D eigenvalue weighted by atomic mass is 19.1. The summed E-state index contributed by atoms with van der Waals surface area (Å²) in [7, 11) is 1.32. The van der Waals surface area contributed by atoms with Gasteiger partial charge in [0, 0.05) is 12.4 Å². The summed E-state index contributed by atoms with van der Waals surface area (Å²) in [6.45, 7) is 2.48. The number of aryl methyl sites for hydroxylation is 1. The van der Waals surface area contributed by atoms with E-state index in [4.69, 9.17) is 5.11 Å². The maximum absolute atomic E-state index is 13.3. The molecule has 122 valence electrons. The predicted molar refractivity (Wildman–Crippen MR) is 80.0 cm³/mol. The van der Waals surface area contributed by atoms with Gasteiger partial charge in [-0.1, -0.05) is 0 Å². The molecule has 3 N–H and O–H groups in total. The lowest BCUT2D eigenvalue weighted by atomic mass is 10.0. The summed E-state index contributed by atoms with van der Waals surface area (Å²) >= 11 is 0. The topological polar surface area (TPSA) is 109 Å². The molecular weight excluding hydrogens is 307 g/mol. The standard InChI is InChI=1S/C15H15FN2O5/c1-15(2,14(22)23)17-12(20)10-11(19)8-5-4-7(16)6-9(8)18(3)13(10)21/h4-6,19H,1-3H3,(H,17,20)(H,22,23). The van der Waals surface area contributed by atoms with E-state index in [0.717, 1.165) is 16.7 Å². The van der Waals surface area contributed by atoms with Crippen molar-refractivity contribution in [2.24, 2.45) is 7.05 Å². The average molecular weight is 322 g/mol. The molecule has 0 aliphatic heterocycles. The van der Waals surface area contributed by atoms with Crippen LogP contribution in [-0.4, -0.2) is 32.2 Å². The molecular formula is C15H15FN2O5. The van der Waals surface area contributed by atoms with Crippen LogP contribution in [0.3, 0.4) is 0 Å². The summed E-state index contributed by atoms with van der Waals surface area (Å²) in [4.78, 5) is 35.6. The van der Waals surface area contributed by atoms with Crippen molar-refractivity contribution >= 4 is 22.8 Å². The Bertz CT molecular complexity index is 886. The Morgan fingerprint density at radius 3 is 2.48 bits per heavy atom. The van der Waals surface area contributed by atoms with Gasteiger partial charge >= 0.3 is 5.97 Å². The number of pyridine rings is 1. The van der Waals surface area contributed by atoms with Crippen molar-refractivity contribution in [3.8, 4) is 5.75 Å². The Labute approximate surface area is 130 Å². The third-order valence-corrected chi connectivity index (χ3v) is 3.52. The number of benzene rings is 1. The van der Waals surface area contributed by atoms with Crippen LogP contribution in [0.2, 0.25) is 0 Å². The third-order valence-electron chi connectivity index (χ3n) is 3.52. The van der Waals surface area contributed by atoms with Crippen molar-refractivity contribution in [3.63, 3.8) is 0 Å². The van der Waals surface area contributed by atoms with E-state index in [1.165, 1.54) is 27.0 Å². The summed E-state index contributed by atoms with van der Waals surface area (Å²) in [5, 5.41) is 21.5. The van der Waals surface area contributed by atoms with Crippen LogP contribution in [0.5, 0.6) is 5.75 Å². The number of amides is 1. The molecule has 0 aliphatic carbocycles. The van der Waals surface area contributed by atoms with Gasteiger partial charge in [0.15, 0.2) is 0 Å². The normalized spacial score (nSPS) is 11.5. The SMILES string of the molecule is Cn1c(=O)c(C(=O)NC(C)(C)C(=O)O)c(O)c2ccc(F)cc21. The molecule has 8 heteroatoms. The second-order valence-electron chi connectivity index (χ2n) is 5.63. The molecule has 0 fully saturated rings. The lowest BCUT2D eigenvalue weighted by Crippen LogP contribution is -2.50. The Kier molecular flexibility index (Phi) is 3.85. The second-order valence-corrected chi connectivity index (χ2v) is 5.63. The largest absolute Gasteiger partial charge is 0.506 e. The molecule has 0 bridgehead atoms. The fraction of sp³-hybridized carbons (Fsp3) is 0.267. The molecule has 0 spiro atoms. The van der Waals surface area contributed by atoms with Gasteiger partial charge in [-0.05, 0) is 32.0 Å². The first-order valence-electron chi connectivity index (χ1n) is 6.63. The number of carboxylic acid groups (broad SMARTS) is 1. The molecule has 0 saturated carbocycles. The monoisotopic (exact) mass is 322 g/mol. The van der Waals surface area contributed by atoms with Gasteiger partial charge in [-0.2, -0.15) is 0 Å². The van der Waals surface area contributed by atoms with E-state index in [1.807, 2.05) is 0 Å². The number of carbonyl (C=O) groups is 2. The molecule has 2 rings (SSSR count). The highest BCUT2D eigenvalue weighted by Gasteiger charge is 2.32. The summed E-state index contributed by atoms with van der Waals surface area (Å²) in [6.07, 6.45) is 0. The number of fused-ring (bicyclic) bond motifs is 1. The number of hydrogen-bond donors (Lipinski definition) is 3. The molecule has 0 radical (unpaired) electrons. The van der Waals surface area contributed by atoms with Crippen LogP contribution in [0, 0.1) is 5.82 Å². The highest BCUT2D eigenvalue weighted by Crippen LogP contribution is 2.26. The molecule has 0 aliphatic rings. The Morgan fingerprint density at radius 1 is 1.30 bits per heavy atom. The minimum absolute atomic E-state index is 0.104. The van der Waals surface area contributed by atoms with Gasteiger partial charge in [0.05, 0.1) is 5.52 Å². The molecule has 0 atom stereocenters. The molecule has 0 saturated heterocycles. The maximum Gasteiger partial charge on any atom is 0.328 e. The molecule has 2 aromatic rings. The minimum atomic E-state index is -1.63. The summed E-state index contributed by atoms with van der Waals surface area (Å²) in [6, 6.07) is 3.37. The summed E-state index contributed by atoms with van der Waals surface area (Å²) < 4.78 is 14.3. The first-order chi connectivity index (χ1) is 10.6. The van der Waals surface area contributed by atoms with Crippen LogP contribution in [0.25, 0.3) is 10.9 Å². The molecule has 1 heterocycles. The number of hydrogen-bond acceptors (Lipinski definition) is 4. The van der Waals surface area contributed by atoms with E-state index >= 15 is 0 Å². The number of rotatable bonds is 3. The van der Waals surface area contributed by atoms with Gasteiger partial charge < -0.3 is 20.1 Å². The van der Waals surface area contributed by atoms with Crippen molar-refractivity contribution in [2.75, 3.05) is 0 Å². The van der Waals surface area contributed by atoms with Crippen LogP contribution < -0.4 is 10.9 Å². The second kappa shape index (κ2) is 5.38. The Hall–Kier alpha value is -2.90. The van der Waals surface area contributed by atoms with E-state index in [9.17, 15) is 23.9 Å². The van der Waals surface area contributed by atoms with Crippen molar-refractivity contribution in [1.29, 1.82) is 0 Å². The highest BCUT2D eigenvalue weighted by molar-refractivity contribution is 6.04. The Balaban J connectivity index is 2.67. The van der Waals surface area contributed by atoms with Gasteiger partial charge in [-0.25, -0.2) is 9.18 Å². The minimum Gasteiger partial charge on any atom is -0.506 e. The van der Waals surface area contributed by atoms with Gasteiger partial charge in [0.2, 0.25) is 0 Å². The predicted octanol–water partition coefficient (Wildman–Crippen LogP) is 0.976. The van der Waals surface area contributed by atoms with Gasteiger partial charge in [0.25, 0.3) is 11.5 Å². The van der Waals surface area contributed by atoms with Crippen LogP contribution in [0.1, 0.15) is 24.2 Å². The zero-order valence-corrected chi connectivity index (χ0v) is 12.7. The number of aliphatic carboxylic acids is 1. The molecule has 0 unspecified atom stereocenters. The van der Waals surface area contributed by atoms with E-state index in [0.29, 0.717) is 0 Å². The summed E-state index contributed by atoms with van der Waals surface area (Å²) in [5.41, 5.74) is -2.98. The first kappa shape index (κ1) is 16.5. The van der Waals surface area contributed by atoms with Crippen LogP contribution in [0.4, 0.5) is 4.39 Å². The fourth-order valence-electron chi connectivity index (χ4n) is 2.10. The maximum atomic E-state index is 13.3. The van der Waals surface area contributed by atoms with E-state index in [1.54, 1.807) is 0 Å². The average Bonchev–Trinajstić information content (AvgIpc) is 2.44.